The van der Waals surface area contributed by atoms with E-state index in [4.69, 9.17) is 4.74 Å². The average molecular weight is 216 g/mol. The maximum absolute atomic E-state index is 11.2. The van der Waals surface area contributed by atoms with E-state index in [0.29, 0.717) is 6.42 Å². The smallest absolute Gasteiger partial charge is 0.221 e. The first kappa shape index (κ1) is 14.4. The average Bonchev–Trinajstić information content (AvgIpc) is 2.15. The Balaban J connectivity index is 3.13. The molecular formula is C11H24N2O2. The van der Waals surface area contributed by atoms with Crippen LogP contribution in [0.25, 0.3) is 0 Å². The Hall–Kier alpha value is -0.610. The van der Waals surface area contributed by atoms with Gasteiger partial charge in [-0.15, -0.1) is 0 Å². The van der Waals surface area contributed by atoms with Crippen LogP contribution in [-0.2, 0) is 9.53 Å². The van der Waals surface area contributed by atoms with Gasteiger partial charge in [0, 0.05) is 32.7 Å². The highest BCUT2D eigenvalue weighted by Gasteiger charge is 2.01. The Morgan fingerprint density at radius 2 is 2.00 bits per heavy atom. The molecule has 0 atom stereocenters. The molecule has 4 nitrogen and oxygen atoms in total. The molecule has 0 aliphatic heterocycles. The van der Waals surface area contributed by atoms with E-state index in [-0.39, 0.29) is 11.9 Å². The summed E-state index contributed by atoms with van der Waals surface area (Å²) in [6.45, 7) is 6.46. The van der Waals surface area contributed by atoms with Crippen molar-refractivity contribution in [3.8, 4) is 0 Å². The summed E-state index contributed by atoms with van der Waals surface area (Å²) in [7, 11) is 1.71. The molecular weight excluding hydrogens is 192 g/mol. The molecule has 0 rings (SSSR count). The number of nitrogens with one attached hydrogen (secondary N) is 2. The predicted molar refractivity (Wildman–Crippen MR) is 61.9 cm³/mol. The van der Waals surface area contributed by atoms with Gasteiger partial charge in [-0.3, -0.25) is 4.79 Å². The lowest BCUT2D eigenvalue weighted by Crippen LogP contribution is -2.32. The fourth-order valence-electron chi connectivity index (χ4n) is 1.22. The second-order valence-corrected chi connectivity index (χ2v) is 3.92. The molecule has 0 bridgehead atoms. The number of hydrogen-bond acceptors (Lipinski definition) is 3. The van der Waals surface area contributed by atoms with Gasteiger partial charge in [-0.2, -0.15) is 0 Å². The lowest BCUT2D eigenvalue weighted by molar-refractivity contribution is -0.121. The van der Waals surface area contributed by atoms with Gasteiger partial charge in [0.15, 0.2) is 0 Å². The van der Waals surface area contributed by atoms with E-state index in [2.05, 4.69) is 10.6 Å². The third-order valence-corrected chi connectivity index (χ3v) is 1.93. The highest BCUT2D eigenvalue weighted by atomic mass is 16.5. The largest absolute Gasteiger partial charge is 0.385 e. The van der Waals surface area contributed by atoms with Crippen LogP contribution in [0, 0.1) is 0 Å². The van der Waals surface area contributed by atoms with E-state index >= 15 is 0 Å². The molecule has 4 heteroatoms. The van der Waals surface area contributed by atoms with E-state index in [0.717, 1.165) is 32.5 Å². The van der Waals surface area contributed by atoms with Crippen molar-refractivity contribution in [2.75, 3.05) is 26.8 Å². The first-order valence-corrected chi connectivity index (χ1v) is 5.66. The van der Waals surface area contributed by atoms with E-state index in [1.807, 2.05) is 13.8 Å². The van der Waals surface area contributed by atoms with Crippen LogP contribution in [0.15, 0.2) is 0 Å². The molecule has 0 aromatic heterocycles. The van der Waals surface area contributed by atoms with Crippen LogP contribution in [0.5, 0.6) is 0 Å². The summed E-state index contributed by atoms with van der Waals surface area (Å²) in [4.78, 5) is 11.2. The zero-order valence-corrected chi connectivity index (χ0v) is 10.1. The number of amides is 1. The molecule has 0 aromatic rings. The van der Waals surface area contributed by atoms with E-state index in [1.54, 1.807) is 7.11 Å². The number of hydrogen-bond donors (Lipinski definition) is 2. The molecule has 0 aromatic carbocycles. The number of unbranched alkanes of at least 4 members (excludes halogenated alkanes) is 1. The van der Waals surface area contributed by atoms with Gasteiger partial charge in [0.1, 0.15) is 0 Å². The second kappa shape index (κ2) is 9.93. The van der Waals surface area contributed by atoms with Crippen molar-refractivity contribution in [2.45, 2.75) is 39.2 Å². The molecule has 0 unspecified atom stereocenters. The monoisotopic (exact) mass is 216 g/mol. The van der Waals surface area contributed by atoms with Gasteiger partial charge in [-0.05, 0) is 33.2 Å². The van der Waals surface area contributed by atoms with Crippen LogP contribution in [-0.4, -0.2) is 38.8 Å². The van der Waals surface area contributed by atoms with E-state index < -0.39 is 0 Å². The van der Waals surface area contributed by atoms with Crippen molar-refractivity contribution in [1.82, 2.24) is 10.6 Å². The molecule has 0 heterocycles. The summed E-state index contributed by atoms with van der Waals surface area (Å²) in [5.74, 6) is 0.120. The topological polar surface area (TPSA) is 50.4 Å². The SMILES string of the molecule is COCCCCNCCC(=O)NC(C)C. The Kier molecular flexibility index (Phi) is 9.52. The van der Waals surface area contributed by atoms with Crippen molar-refractivity contribution in [2.24, 2.45) is 0 Å². The lowest BCUT2D eigenvalue weighted by Gasteiger charge is -2.08. The molecule has 90 valence electrons. The van der Waals surface area contributed by atoms with Crippen LogP contribution in [0.1, 0.15) is 33.1 Å². The summed E-state index contributed by atoms with van der Waals surface area (Å²) in [6.07, 6.45) is 2.73. The summed E-state index contributed by atoms with van der Waals surface area (Å²) in [5.41, 5.74) is 0. The lowest BCUT2D eigenvalue weighted by atomic mass is 10.3. The summed E-state index contributed by atoms with van der Waals surface area (Å²) >= 11 is 0. The molecule has 1 amide bonds. The molecule has 0 saturated heterocycles. The standard InChI is InChI=1S/C11H24N2O2/c1-10(2)13-11(14)6-8-12-7-4-5-9-15-3/h10,12H,4-9H2,1-3H3,(H,13,14). The normalized spacial score (nSPS) is 10.7. The van der Waals surface area contributed by atoms with Crippen LogP contribution in [0.4, 0.5) is 0 Å². The minimum Gasteiger partial charge on any atom is -0.385 e. The molecule has 0 radical (unpaired) electrons. The van der Waals surface area contributed by atoms with Gasteiger partial charge in [0.25, 0.3) is 0 Å². The molecule has 2 N–H and O–H groups in total. The Morgan fingerprint density at radius 3 is 2.60 bits per heavy atom. The van der Waals surface area contributed by atoms with Crippen LogP contribution < -0.4 is 10.6 Å². The van der Waals surface area contributed by atoms with Crippen molar-refractivity contribution >= 4 is 5.91 Å². The van der Waals surface area contributed by atoms with Crippen LogP contribution in [0.3, 0.4) is 0 Å². The highest BCUT2D eigenvalue weighted by Crippen LogP contribution is 1.87. The molecule has 15 heavy (non-hydrogen) atoms. The van der Waals surface area contributed by atoms with Gasteiger partial charge in [-0.1, -0.05) is 0 Å². The predicted octanol–water partition coefficient (Wildman–Crippen LogP) is 0.917. The highest BCUT2D eigenvalue weighted by molar-refractivity contribution is 5.76. The summed E-state index contributed by atoms with van der Waals surface area (Å²) < 4.78 is 4.94. The van der Waals surface area contributed by atoms with Gasteiger partial charge < -0.3 is 15.4 Å². The molecule has 0 spiro atoms. The first-order chi connectivity index (χ1) is 7.16. The first-order valence-electron chi connectivity index (χ1n) is 5.66. The number of carbonyl (C=O) groups excluding carboxylic acids is 1. The Labute approximate surface area is 92.8 Å². The fourth-order valence-corrected chi connectivity index (χ4v) is 1.22. The van der Waals surface area contributed by atoms with Crippen molar-refractivity contribution in [1.29, 1.82) is 0 Å². The minimum absolute atomic E-state index is 0.120. The quantitative estimate of drug-likeness (QED) is 0.563. The van der Waals surface area contributed by atoms with Crippen molar-refractivity contribution < 1.29 is 9.53 Å². The van der Waals surface area contributed by atoms with E-state index in [9.17, 15) is 4.79 Å². The summed E-state index contributed by atoms with van der Waals surface area (Å²) in [6, 6.07) is 0.235. The van der Waals surface area contributed by atoms with Gasteiger partial charge >= 0.3 is 0 Å². The zero-order chi connectivity index (χ0) is 11.5. The third kappa shape index (κ3) is 11.3. The fraction of sp³-hybridized carbons (Fsp3) is 0.909. The second-order valence-electron chi connectivity index (χ2n) is 3.92. The van der Waals surface area contributed by atoms with Crippen molar-refractivity contribution in [3.63, 3.8) is 0 Å². The maximum Gasteiger partial charge on any atom is 0.221 e. The van der Waals surface area contributed by atoms with E-state index in [1.165, 1.54) is 0 Å². The molecule has 0 fully saturated rings. The number of rotatable bonds is 9. The van der Waals surface area contributed by atoms with Crippen molar-refractivity contribution in [3.05, 3.63) is 0 Å². The van der Waals surface area contributed by atoms with Crippen LogP contribution in [0.2, 0.25) is 0 Å². The number of methoxy groups -OCH3 is 1. The molecule has 0 aliphatic rings. The molecule has 0 saturated carbocycles. The Bertz CT molecular complexity index is 161. The number of carbonyl (C=O) groups is 1. The third-order valence-electron chi connectivity index (χ3n) is 1.93. The molecule has 0 aliphatic carbocycles. The Morgan fingerprint density at radius 1 is 1.27 bits per heavy atom. The zero-order valence-electron chi connectivity index (χ0n) is 10.1. The maximum atomic E-state index is 11.2. The number of ether oxygens (including phenoxy) is 1. The van der Waals surface area contributed by atoms with Gasteiger partial charge in [-0.25, -0.2) is 0 Å². The summed E-state index contributed by atoms with van der Waals surface area (Å²) in [5, 5.41) is 6.09. The van der Waals surface area contributed by atoms with Gasteiger partial charge in [0.2, 0.25) is 5.91 Å². The minimum atomic E-state index is 0.120. The van der Waals surface area contributed by atoms with Crippen LogP contribution >= 0.6 is 0 Å². The van der Waals surface area contributed by atoms with Gasteiger partial charge in [0.05, 0.1) is 0 Å².